The van der Waals surface area contributed by atoms with Gasteiger partial charge >= 0.3 is 17.9 Å². The van der Waals surface area contributed by atoms with Gasteiger partial charge in [0.2, 0.25) is 5.91 Å². The van der Waals surface area contributed by atoms with Crippen molar-refractivity contribution in [3.8, 4) is 0 Å². The molecule has 51 heavy (non-hydrogen) atoms. The fourth-order valence-corrected chi connectivity index (χ4v) is 5.75. The first-order chi connectivity index (χ1) is 23.7. The number of hydrogen-bond acceptors (Lipinski definition) is 12. The Hall–Kier alpha value is -3.72. The van der Waals surface area contributed by atoms with Gasteiger partial charge in [0.15, 0.2) is 0 Å². The molecule has 14 nitrogen and oxygen atoms in total. The van der Waals surface area contributed by atoms with E-state index in [4.69, 9.17) is 14.6 Å². The summed E-state index contributed by atoms with van der Waals surface area (Å²) in [5.74, 6) is -2.32. The molecule has 2 rings (SSSR count). The largest absolute Gasteiger partial charge is 0.481 e. The van der Waals surface area contributed by atoms with E-state index in [1.54, 1.807) is 72.4 Å². The lowest BCUT2D eigenvalue weighted by Crippen LogP contribution is -2.52. The fraction of sp³-hybridized carbons (Fsp3) is 0.676. The van der Waals surface area contributed by atoms with E-state index >= 15 is 0 Å². The molecule has 1 aliphatic rings. The van der Waals surface area contributed by atoms with Gasteiger partial charge in [-0.05, 0) is 79.5 Å². The van der Waals surface area contributed by atoms with Gasteiger partial charge in [0.25, 0.3) is 0 Å². The number of carboxylic acid groups (broad SMARTS) is 1. The zero-order chi connectivity index (χ0) is 38.4. The average Bonchev–Trinajstić information content (AvgIpc) is 3.05. The van der Waals surface area contributed by atoms with Crippen molar-refractivity contribution in [3.63, 3.8) is 0 Å². The highest BCUT2D eigenvalue weighted by Crippen LogP contribution is 2.18. The number of nitrogens with one attached hydrogen (secondary N) is 1. The third kappa shape index (κ3) is 19.5. The predicted octanol–water partition coefficient (Wildman–Crippen LogP) is 2.48. The predicted molar refractivity (Wildman–Crippen MR) is 193 cm³/mol. The van der Waals surface area contributed by atoms with Gasteiger partial charge in [-0.1, -0.05) is 12.1 Å². The number of carbonyl (C=O) groups is 6. The van der Waals surface area contributed by atoms with Crippen molar-refractivity contribution in [1.29, 1.82) is 0 Å². The number of ether oxygens (including phenoxy) is 2. The van der Waals surface area contributed by atoms with E-state index < -0.39 is 35.0 Å². The van der Waals surface area contributed by atoms with Crippen molar-refractivity contribution >= 4 is 41.1 Å². The molecule has 1 aliphatic heterocycles. The first-order valence-electron chi connectivity index (χ1n) is 17.6. The van der Waals surface area contributed by atoms with Gasteiger partial charge < -0.3 is 19.9 Å². The summed E-state index contributed by atoms with van der Waals surface area (Å²) >= 11 is 0. The molecule has 286 valence electrons. The number of esters is 2. The number of amides is 1. The third-order valence-electron chi connectivity index (χ3n) is 7.85. The van der Waals surface area contributed by atoms with Crippen molar-refractivity contribution in [3.05, 3.63) is 29.8 Å². The second kappa shape index (κ2) is 20.4. The Kier molecular flexibility index (Phi) is 17.3. The Balaban J connectivity index is 2.47. The summed E-state index contributed by atoms with van der Waals surface area (Å²) in [6.45, 7) is 18.3. The maximum Gasteiger partial charge on any atom is 0.320 e. The molecular weight excluding hydrogens is 658 g/mol. The number of rotatable bonds is 17. The van der Waals surface area contributed by atoms with E-state index in [0.717, 1.165) is 5.56 Å². The van der Waals surface area contributed by atoms with Crippen molar-refractivity contribution in [1.82, 2.24) is 19.6 Å². The van der Waals surface area contributed by atoms with Crippen LogP contribution in [0.25, 0.3) is 0 Å². The number of nitrogens with zero attached hydrogens (tertiary/aromatic N) is 4. The SMILES string of the molecule is CC(=O)CN1CCN(CC(C)=O)CCN(CC(Cc2ccc(NC(=O)CCC(=O)O)cc2)N(CC(=O)OC(C)(C)C)CC(=O)OC(C)(C)C)CC1. The highest BCUT2D eigenvalue weighted by atomic mass is 16.6. The van der Waals surface area contributed by atoms with Gasteiger partial charge in [-0.25, -0.2) is 0 Å². The molecule has 1 atom stereocenters. The van der Waals surface area contributed by atoms with Gasteiger partial charge in [-0.2, -0.15) is 0 Å². The molecule has 0 bridgehead atoms. The number of benzene rings is 1. The number of ketones is 2. The van der Waals surface area contributed by atoms with Gasteiger partial charge in [0.1, 0.15) is 22.8 Å². The second-order valence-corrected chi connectivity index (χ2v) is 15.3. The lowest BCUT2D eigenvalue weighted by Gasteiger charge is -2.36. The molecule has 1 fully saturated rings. The zero-order valence-electron chi connectivity index (χ0n) is 31.8. The van der Waals surface area contributed by atoms with Crippen LogP contribution < -0.4 is 5.32 Å². The number of carbonyl (C=O) groups excluding carboxylic acids is 5. The van der Waals surface area contributed by atoms with E-state index in [-0.39, 0.29) is 43.5 Å². The molecule has 0 radical (unpaired) electrons. The lowest BCUT2D eigenvalue weighted by atomic mass is 10.0. The van der Waals surface area contributed by atoms with Gasteiger partial charge in [-0.15, -0.1) is 0 Å². The highest BCUT2D eigenvalue weighted by molar-refractivity contribution is 5.92. The molecule has 1 heterocycles. The van der Waals surface area contributed by atoms with Gasteiger partial charge in [-0.3, -0.25) is 48.4 Å². The summed E-state index contributed by atoms with van der Waals surface area (Å²) in [5, 5.41) is 11.6. The molecule has 1 saturated heterocycles. The Bertz CT molecular complexity index is 1280. The van der Waals surface area contributed by atoms with Crippen LogP contribution in [0.5, 0.6) is 0 Å². The zero-order valence-corrected chi connectivity index (χ0v) is 31.8. The summed E-state index contributed by atoms with van der Waals surface area (Å²) < 4.78 is 11.4. The number of anilines is 1. The Morgan fingerprint density at radius 2 is 1.16 bits per heavy atom. The minimum absolute atomic E-state index is 0.0548. The highest BCUT2D eigenvalue weighted by Gasteiger charge is 2.30. The van der Waals surface area contributed by atoms with Crippen LogP contribution in [-0.2, 0) is 44.7 Å². The smallest absolute Gasteiger partial charge is 0.320 e. The molecule has 0 aromatic heterocycles. The Morgan fingerprint density at radius 1 is 0.725 bits per heavy atom. The normalized spacial score (nSPS) is 16.0. The molecule has 1 aromatic carbocycles. The van der Waals surface area contributed by atoms with Crippen molar-refractivity contribution in [2.24, 2.45) is 0 Å². The number of Topliss-reactive ketones (excluding diaryl/α,β-unsaturated/α-hetero) is 2. The molecule has 1 unspecified atom stereocenters. The van der Waals surface area contributed by atoms with Crippen LogP contribution in [0.15, 0.2) is 24.3 Å². The minimum atomic E-state index is -1.05. The molecule has 1 aromatic rings. The third-order valence-corrected chi connectivity index (χ3v) is 7.85. The lowest BCUT2D eigenvalue weighted by molar-refractivity contribution is -0.161. The van der Waals surface area contributed by atoms with E-state index in [1.165, 1.54) is 0 Å². The second-order valence-electron chi connectivity index (χ2n) is 15.3. The maximum absolute atomic E-state index is 13.3. The monoisotopic (exact) mass is 717 g/mol. The first kappa shape index (κ1) is 43.4. The van der Waals surface area contributed by atoms with Gasteiger partial charge in [0, 0.05) is 64.0 Å². The summed E-state index contributed by atoms with van der Waals surface area (Å²) in [6, 6.07) is 6.78. The van der Waals surface area contributed by atoms with Crippen LogP contribution in [0.3, 0.4) is 0 Å². The molecular formula is C37H59N5O9. The standard InChI is InChI=1S/C37H59N5O9/c1-27(43)22-39-15-16-40(23-28(2)44)18-20-41(19-17-39)24-31(21-29-9-11-30(12-10-29)38-32(45)13-14-33(46)47)42(25-34(48)50-36(3,4)5)26-35(49)51-37(6,7)8/h9-12,31H,13-26H2,1-8H3,(H,38,45)(H,46,47). The molecule has 0 aliphatic carbocycles. The summed E-state index contributed by atoms with van der Waals surface area (Å²) in [6.07, 6.45) is 0.00286. The van der Waals surface area contributed by atoms with E-state index in [1.807, 2.05) is 12.1 Å². The fourth-order valence-electron chi connectivity index (χ4n) is 5.75. The molecule has 0 spiro atoms. The van der Waals surface area contributed by atoms with Crippen molar-refractivity contribution in [2.75, 3.05) is 77.3 Å². The summed E-state index contributed by atoms with van der Waals surface area (Å²) in [7, 11) is 0. The molecule has 0 saturated carbocycles. The molecule has 1 amide bonds. The first-order valence-corrected chi connectivity index (χ1v) is 17.6. The van der Waals surface area contributed by atoms with Crippen LogP contribution >= 0.6 is 0 Å². The summed E-state index contributed by atoms with van der Waals surface area (Å²) in [5.41, 5.74) is -0.0867. The Morgan fingerprint density at radius 3 is 1.55 bits per heavy atom. The average molecular weight is 718 g/mol. The topological polar surface area (TPSA) is 166 Å². The van der Waals surface area contributed by atoms with Crippen molar-refractivity contribution in [2.45, 2.75) is 91.9 Å². The van der Waals surface area contributed by atoms with Crippen LogP contribution in [0, 0.1) is 0 Å². The van der Waals surface area contributed by atoms with E-state index in [2.05, 4.69) is 20.0 Å². The number of hydrogen-bond donors (Lipinski definition) is 2. The molecule has 14 heteroatoms. The minimum Gasteiger partial charge on any atom is -0.481 e. The maximum atomic E-state index is 13.3. The van der Waals surface area contributed by atoms with Gasteiger partial charge in [0.05, 0.1) is 32.6 Å². The van der Waals surface area contributed by atoms with Crippen LogP contribution in [0.2, 0.25) is 0 Å². The van der Waals surface area contributed by atoms with Crippen LogP contribution in [0.1, 0.15) is 73.8 Å². The molecule has 2 N–H and O–H groups in total. The quantitative estimate of drug-likeness (QED) is 0.226. The van der Waals surface area contributed by atoms with E-state index in [0.29, 0.717) is 71.0 Å². The number of aliphatic carboxylic acids is 1. The Labute approximate surface area is 302 Å². The van der Waals surface area contributed by atoms with Crippen LogP contribution in [0.4, 0.5) is 5.69 Å². The number of carboxylic acids is 1. The van der Waals surface area contributed by atoms with E-state index in [9.17, 15) is 28.8 Å². The summed E-state index contributed by atoms with van der Waals surface area (Å²) in [4.78, 5) is 82.0. The van der Waals surface area contributed by atoms with Crippen LogP contribution in [-0.4, -0.2) is 149 Å². The van der Waals surface area contributed by atoms with Crippen molar-refractivity contribution < 1.29 is 43.3 Å².